The summed E-state index contributed by atoms with van der Waals surface area (Å²) in [6.45, 7) is 4.40. The average molecular weight is 390 g/mol. The van der Waals surface area contributed by atoms with Crippen LogP contribution in [0.25, 0.3) is 10.9 Å². The third kappa shape index (κ3) is 4.08. The number of carbonyl (C=O) groups is 1. The number of fused-ring (bicyclic) bond motifs is 1. The van der Waals surface area contributed by atoms with Crippen LogP contribution in [0.5, 0.6) is 0 Å². The highest BCUT2D eigenvalue weighted by atomic mass is 16.1. The number of aromatic nitrogens is 1. The standard InChI is InChI=1S/C25H31N3O/c1-3-4-5-18-6-8-20(9-7-18)25(29)21-10-11-24-22(16-21)23(17-28(24)26)19-12-14-27(2)15-13-19/h6-11,16-17,19H,3-5,12-15,26H2,1-2H3. The van der Waals surface area contributed by atoms with Crippen molar-refractivity contribution >= 4 is 16.7 Å². The highest BCUT2D eigenvalue weighted by molar-refractivity contribution is 6.10. The van der Waals surface area contributed by atoms with Crippen molar-refractivity contribution in [3.63, 3.8) is 0 Å². The number of nitrogens with zero attached hydrogens (tertiary/aromatic N) is 2. The largest absolute Gasteiger partial charge is 0.339 e. The van der Waals surface area contributed by atoms with Gasteiger partial charge in [0.1, 0.15) is 0 Å². The topological polar surface area (TPSA) is 51.3 Å². The van der Waals surface area contributed by atoms with Crippen molar-refractivity contribution in [1.29, 1.82) is 0 Å². The first kappa shape index (κ1) is 19.7. The summed E-state index contributed by atoms with van der Waals surface area (Å²) in [5.74, 6) is 6.80. The maximum absolute atomic E-state index is 13.1. The second kappa shape index (κ2) is 8.42. The lowest BCUT2D eigenvalue weighted by Gasteiger charge is -2.28. The van der Waals surface area contributed by atoms with E-state index in [0.717, 1.165) is 54.4 Å². The predicted octanol–water partition coefficient (Wildman–Crippen LogP) is 4.74. The van der Waals surface area contributed by atoms with Crippen molar-refractivity contribution in [2.24, 2.45) is 0 Å². The van der Waals surface area contributed by atoms with Crippen LogP contribution in [0.3, 0.4) is 0 Å². The second-order valence-electron chi connectivity index (χ2n) is 8.43. The molecule has 0 saturated carbocycles. The van der Waals surface area contributed by atoms with Crippen molar-refractivity contribution in [1.82, 2.24) is 9.58 Å². The summed E-state index contributed by atoms with van der Waals surface area (Å²) in [6, 6.07) is 14.0. The van der Waals surface area contributed by atoms with Gasteiger partial charge in [-0.1, -0.05) is 37.6 Å². The lowest BCUT2D eigenvalue weighted by molar-refractivity contribution is 0.103. The van der Waals surface area contributed by atoms with Crippen LogP contribution < -0.4 is 5.84 Å². The molecule has 0 spiro atoms. The van der Waals surface area contributed by atoms with Gasteiger partial charge in [0.05, 0.1) is 5.52 Å². The van der Waals surface area contributed by atoms with Crippen LogP contribution in [0.4, 0.5) is 0 Å². The molecule has 152 valence electrons. The number of benzene rings is 2. The maximum Gasteiger partial charge on any atom is 0.193 e. The van der Waals surface area contributed by atoms with E-state index in [1.807, 2.05) is 30.3 Å². The molecule has 1 aromatic heterocycles. The van der Waals surface area contributed by atoms with Crippen LogP contribution in [0.1, 0.15) is 65.6 Å². The van der Waals surface area contributed by atoms with Gasteiger partial charge in [-0.2, -0.15) is 0 Å². The van der Waals surface area contributed by atoms with Crippen molar-refractivity contribution in [3.8, 4) is 0 Å². The fourth-order valence-electron chi connectivity index (χ4n) is 4.44. The minimum atomic E-state index is 0.0769. The fourth-order valence-corrected chi connectivity index (χ4v) is 4.44. The van der Waals surface area contributed by atoms with Gasteiger partial charge in [0.2, 0.25) is 0 Å². The molecule has 2 aromatic carbocycles. The number of aryl methyl sites for hydroxylation is 1. The summed E-state index contributed by atoms with van der Waals surface area (Å²) in [5, 5.41) is 1.12. The van der Waals surface area contributed by atoms with E-state index in [0.29, 0.717) is 5.92 Å². The molecule has 0 unspecified atom stereocenters. The molecule has 0 amide bonds. The Morgan fingerprint density at radius 3 is 2.45 bits per heavy atom. The molecule has 1 aliphatic rings. The summed E-state index contributed by atoms with van der Waals surface area (Å²) >= 11 is 0. The van der Waals surface area contributed by atoms with Gasteiger partial charge in [-0.3, -0.25) is 9.47 Å². The third-order valence-corrected chi connectivity index (χ3v) is 6.32. The number of piperidine rings is 1. The van der Waals surface area contributed by atoms with E-state index in [-0.39, 0.29) is 5.78 Å². The number of hydrogen-bond donors (Lipinski definition) is 1. The highest BCUT2D eigenvalue weighted by Crippen LogP contribution is 2.34. The number of rotatable bonds is 6. The molecule has 0 atom stereocenters. The van der Waals surface area contributed by atoms with Crippen molar-refractivity contribution < 1.29 is 4.79 Å². The molecule has 0 aliphatic carbocycles. The Morgan fingerprint density at radius 1 is 1.07 bits per heavy atom. The van der Waals surface area contributed by atoms with Gasteiger partial charge < -0.3 is 10.7 Å². The molecule has 4 heteroatoms. The monoisotopic (exact) mass is 389 g/mol. The zero-order chi connectivity index (χ0) is 20.4. The van der Waals surface area contributed by atoms with Gasteiger partial charge in [-0.05, 0) is 81.1 Å². The van der Waals surface area contributed by atoms with Crippen LogP contribution >= 0.6 is 0 Å². The highest BCUT2D eigenvalue weighted by Gasteiger charge is 2.23. The molecule has 1 aliphatic heterocycles. The Morgan fingerprint density at radius 2 is 1.76 bits per heavy atom. The molecule has 1 fully saturated rings. The molecule has 2 N–H and O–H groups in total. The van der Waals surface area contributed by atoms with Crippen molar-refractivity contribution in [2.75, 3.05) is 26.0 Å². The summed E-state index contributed by atoms with van der Waals surface area (Å²) in [4.78, 5) is 15.5. The van der Waals surface area contributed by atoms with E-state index in [2.05, 4.69) is 37.2 Å². The van der Waals surface area contributed by atoms with Crippen molar-refractivity contribution in [3.05, 3.63) is 70.9 Å². The van der Waals surface area contributed by atoms with E-state index in [1.54, 1.807) is 4.68 Å². The van der Waals surface area contributed by atoms with Gasteiger partial charge in [-0.25, -0.2) is 0 Å². The Balaban J connectivity index is 1.62. The zero-order valence-electron chi connectivity index (χ0n) is 17.5. The van der Waals surface area contributed by atoms with Crippen LogP contribution in [0.15, 0.2) is 48.7 Å². The Kier molecular flexibility index (Phi) is 5.72. The number of nitrogens with two attached hydrogens (primary N) is 1. The average Bonchev–Trinajstić information content (AvgIpc) is 3.08. The lowest BCUT2D eigenvalue weighted by atomic mass is 9.88. The van der Waals surface area contributed by atoms with E-state index >= 15 is 0 Å². The molecular formula is C25H31N3O. The van der Waals surface area contributed by atoms with Crippen LogP contribution in [-0.2, 0) is 6.42 Å². The number of nitrogen functional groups attached to an aromatic ring is 1. The van der Waals surface area contributed by atoms with E-state index < -0.39 is 0 Å². The first-order valence-corrected chi connectivity index (χ1v) is 10.8. The molecule has 4 rings (SSSR count). The van der Waals surface area contributed by atoms with Crippen molar-refractivity contribution in [2.45, 2.75) is 44.9 Å². The number of ketones is 1. The molecule has 4 nitrogen and oxygen atoms in total. The van der Waals surface area contributed by atoms with E-state index in [9.17, 15) is 4.79 Å². The van der Waals surface area contributed by atoms with Gasteiger partial charge in [-0.15, -0.1) is 0 Å². The lowest BCUT2D eigenvalue weighted by Crippen LogP contribution is -2.29. The molecule has 2 heterocycles. The number of likely N-dealkylation sites (tertiary alicyclic amines) is 1. The minimum Gasteiger partial charge on any atom is -0.339 e. The summed E-state index contributed by atoms with van der Waals surface area (Å²) in [6.07, 6.45) is 7.75. The number of carbonyl (C=O) groups excluding carboxylic acids is 1. The maximum atomic E-state index is 13.1. The SMILES string of the molecule is CCCCc1ccc(C(=O)c2ccc3c(c2)c(C2CCN(C)CC2)cn3N)cc1. The summed E-state index contributed by atoms with van der Waals surface area (Å²) < 4.78 is 1.71. The number of hydrogen-bond acceptors (Lipinski definition) is 3. The first-order valence-electron chi connectivity index (χ1n) is 10.8. The van der Waals surface area contributed by atoms with E-state index in [4.69, 9.17) is 5.84 Å². The number of unbranched alkanes of at least 4 members (excludes halogenated alkanes) is 1. The molecule has 0 radical (unpaired) electrons. The second-order valence-corrected chi connectivity index (χ2v) is 8.43. The zero-order valence-corrected chi connectivity index (χ0v) is 17.5. The molecule has 3 aromatic rings. The van der Waals surface area contributed by atoms with Crippen LogP contribution in [0.2, 0.25) is 0 Å². The van der Waals surface area contributed by atoms with Gasteiger partial charge >= 0.3 is 0 Å². The smallest absolute Gasteiger partial charge is 0.193 e. The van der Waals surface area contributed by atoms with Crippen LogP contribution in [0, 0.1) is 0 Å². The fraction of sp³-hybridized carbons (Fsp3) is 0.400. The third-order valence-electron chi connectivity index (χ3n) is 6.32. The predicted molar refractivity (Wildman–Crippen MR) is 120 cm³/mol. The molecular weight excluding hydrogens is 358 g/mol. The van der Waals surface area contributed by atoms with Crippen LogP contribution in [-0.4, -0.2) is 35.5 Å². The first-order chi connectivity index (χ1) is 14.1. The van der Waals surface area contributed by atoms with Gasteiger partial charge in [0.15, 0.2) is 5.78 Å². The quantitative estimate of drug-likeness (QED) is 0.489. The molecule has 29 heavy (non-hydrogen) atoms. The summed E-state index contributed by atoms with van der Waals surface area (Å²) in [7, 11) is 2.17. The van der Waals surface area contributed by atoms with E-state index in [1.165, 1.54) is 24.0 Å². The van der Waals surface area contributed by atoms with Gasteiger partial charge in [0.25, 0.3) is 0 Å². The van der Waals surface area contributed by atoms with Gasteiger partial charge in [0, 0.05) is 22.7 Å². The molecule has 1 saturated heterocycles. The normalized spacial score (nSPS) is 15.8. The Bertz CT molecular complexity index is 995. The summed E-state index contributed by atoms with van der Waals surface area (Å²) in [5.41, 5.74) is 5.05. The molecule has 0 bridgehead atoms. The minimum absolute atomic E-state index is 0.0769. The Hall–Kier alpha value is -2.59. The Labute approximate surface area is 173 Å².